The highest BCUT2D eigenvalue weighted by Gasteiger charge is 2.14. The molecule has 0 unspecified atom stereocenters. The SMILES string of the molecule is O=C(NCC1CCOCC1)Nc1cccc2ccccc12. The molecule has 0 aliphatic carbocycles. The number of nitrogens with one attached hydrogen (secondary N) is 2. The van der Waals surface area contributed by atoms with Crippen molar-refractivity contribution in [3.8, 4) is 0 Å². The first kappa shape index (κ1) is 13.9. The molecule has 21 heavy (non-hydrogen) atoms. The highest BCUT2D eigenvalue weighted by molar-refractivity contribution is 6.01. The van der Waals surface area contributed by atoms with E-state index in [9.17, 15) is 4.79 Å². The Morgan fingerprint density at radius 1 is 1.10 bits per heavy atom. The zero-order valence-corrected chi connectivity index (χ0v) is 12.0. The van der Waals surface area contributed by atoms with E-state index in [0.717, 1.165) is 42.5 Å². The second-order valence-corrected chi connectivity index (χ2v) is 5.42. The van der Waals surface area contributed by atoms with E-state index in [4.69, 9.17) is 4.74 Å². The van der Waals surface area contributed by atoms with Gasteiger partial charge in [-0.1, -0.05) is 36.4 Å². The fourth-order valence-electron chi connectivity index (χ4n) is 2.69. The molecule has 1 aliphatic heterocycles. The van der Waals surface area contributed by atoms with Gasteiger partial charge in [0, 0.05) is 25.1 Å². The number of carbonyl (C=O) groups is 1. The molecular formula is C17H20N2O2. The number of amides is 2. The van der Waals surface area contributed by atoms with E-state index in [1.54, 1.807) is 0 Å². The second-order valence-electron chi connectivity index (χ2n) is 5.42. The second kappa shape index (κ2) is 6.59. The average Bonchev–Trinajstić information content (AvgIpc) is 2.54. The van der Waals surface area contributed by atoms with E-state index in [2.05, 4.69) is 10.6 Å². The average molecular weight is 284 g/mol. The van der Waals surface area contributed by atoms with Gasteiger partial charge >= 0.3 is 6.03 Å². The van der Waals surface area contributed by atoms with Crippen molar-refractivity contribution in [2.24, 2.45) is 5.92 Å². The number of benzene rings is 2. The Morgan fingerprint density at radius 2 is 1.86 bits per heavy atom. The molecule has 0 atom stereocenters. The van der Waals surface area contributed by atoms with Crippen LogP contribution in [0.2, 0.25) is 0 Å². The Kier molecular flexibility index (Phi) is 4.36. The molecule has 4 heteroatoms. The van der Waals surface area contributed by atoms with Crippen LogP contribution in [0.5, 0.6) is 0 Å². The summed E-state index contributed by atoms with van der Waals surface area (Å²) in [6, 6.07) is 13.8. The third-order valence-corrected chi connectivity index (χ3v) is 3.93. The van der Waals surface area contributed by atoms with Crippen molar-refractivity contribution >= 4 is 22.5 Å². The maximum atomic E-state index is 12.0. The van der Waals surface area contributed by atoms with Gasteiger partial charge in [-0.2, -0.15) is 0 Å². The van der Waals surface area contributed by atoms with Gasteiger partial charge in [0.15, 0.2) is 0 Å². The van der Waals surface area contributed by atoms with E-state index < -0.39 is 0 Å². The largest absolute Gasteiger partial charge is 0.381 e. The third-order valence-electron chi connectivity index (χ3n) is 3.93. The summed E-state index contributed by atoms with van der Waals surface area (Å²) >= 11 is 0. The van der Waals surface area contributed by atoms with Crippen LogP contribution in [0.3, 0.4) is 0 Å². The minimum absolute atomic E-state index is 0.141. The Labute approximate surface area is 124 Å². The molecule has 1 fully saturated rings. The predicted molar refractivity (Wildman–Crippen MR) is 84.5 cm³/mol. The lowest BCUT2D eigenvalue weighted by molar-refractivity contribution is 0.0671. The predicted octanol–water partition coefficient (Wildman–Crippen LogP) is 3.39. The molecule has 110 valence electrons. The quantitative estimate of drug-likeness (QED) is 0.907. The van der Waals surface area contributed by atoms with Crippen molar-refractivity contribution in [1.29, 1.82) is 0 Å². The van der Waals surface area contributed by atoms with Gasteiger partial charge in [0.05, 0.1) is 5.69 Å². The lowest BCUT2D eigenvalue weighted by atomic mass is 10.0. The van der Waals surface area contributed by atoms with E-state index >= 15 is 0 Å². The first-order chi connectivity index (χ1) is 10.3. The van der Waals surface area contributed by atoms with Gasteiger partial charge < -0.3 is 15.4 Å². The maximum absolute atomic E-state index is 12.0. The Balaban J connectivity index is 1.61. The van der Waals surface area contributed by atoms with Crippen molar-refractivity contribution in [2.45, 2.75) is 12.8 Å². The van der Waals surface area contributed by atoms with Crippen LogP contribution in [0.25, 0.3) is 10.8 Å². The van der Waals surface area contributed by atoms with Gasteiger partial charge in [-0.05, 0) is 30.2 Å². The van der Waals surface area contributed by atoms with Gasteiger partial charge in [0.25, 0.3) is 0 Å². The van der Waals surface area contributed by atoms with Gasteiger partial charge in [-0.25, -0.2) is 4.79 Å². The molecule has 0 radical (unpaired) electrons. The monoisotopic (exact) mass is 284 g/mol. The first-order valence-electron chi connectivity index (χ1n) is 7.43. The van der Waals surface area contributed by atoms with Crippen LogP contribution in [-0.4, -0.2) is 25.8 Å². The topological polar surface area (TPSA) is 50.4 Å². The fourth-order valence-corrected chi connectivity index (χ4v) is 2.69. The van der Waals surface area contributed by atoms with Gasteiger partial charge in [0.2, 0.25) is 0 Å². The van der Waals surface area contributed by atoms with E-state index in [-0.39, 0.29) is 6.03 Å². The number of urea groups is 1. The number of carbonyl (C=O) groups excluding carboxylic acids is 1. The number of ether oxygens (including phenoxy) is 1. The summed E-state index contributed by atoms with van der Waals surface area (Å²) in [5.41, 5.74) is 0.845. The van der Waals surface area contributed by atoms with Gasteiger partial charge in [-0.3, -0.25) is 0 Å². The van der Waals surface area contributed by atoms with Crippen molar-refractivity contribution in [1.82, 2.24) is 5.32 Å². The molecule has 2 aromatic rings. The zero-order chi connectivity index (χ0) is 14.5. The van der Waals surface area contributed by atoms with Crippen LogP contribution in [0.1, 0.15) is 12.8 Å². The first-order valence-corrected chi connectivity index (χ1v) is 7.43. The van der Waals surface area contributed by atoms with Crippen molar-refractivity contribution in [2.75, 3.05) is 25.1 Å². The number of hydrogen-bond acceptors (Lipinski definition) is 2. The Bertz CT molecular complexity index is 616. The molecule has 0 bridgehead atoms. The van der Waals surface area contributed by atoms with Crippen LogP contribution in [-0.2, 0) is 4.74 Å². The van der Waals surface area contributed by atoms with Gasteiger partial charge in [0.1, 0.15) is 0 Å². The molecule has 2 N–H and O–H groups in total. The minimum Gasteiger partial charge on any atom is -0.381 e. The Morgan fingerprint density at radius 3 is 2.71 bits per heavy atom. The summed E-state index contributed by atoms with van der Waals surface area (Å²) in [5.74, 6) is 0.525. The standard InChI is InChI=1S/C17H20N2O2/c20-17(18-12-13-8-10-21-11-9-13)19-16-7-3-5-14-4-1-2-6-15(14)16/h1-7,13H,8-12H2,(H2,18,19,20). The lowest BCUT2D eigenvalue weighted by Crippen LogP contribution is -2.35. The minimum atomic E-state index is -0.141. The van der Waals surface area contributed by atoms with Crippen molar-refractivity contribution in [3.63, 3.8) is 0 Å². The molecule has 2 aromatic carbocycles. The molecule has 0 saturated carbocycles. The molecule has 1 saturated heterocycles. The molecular weight excluding hydrogens is 264 g/mol. The van der Waals surface area contributed by atoms with Crippen molar-refractivity contribution in [3.05, 3.63) is 42.5 Å². The summed E-state index contributed by atoms with van der Waals surface area (Å²) < 4.78 is 5.32. The van der Waals surface area contributed by atoms with E-state index in [1.165, 1.54) is 0 Å². The van der Waals surface area contributed by atoms with E-state index in [1.807, 2.05) is 42.5 Å². The summed E-state index contributed by atoms with van der Waals surface area (Å²) in [7, 11) is 0. The molecule has 0 spiro atoms. The molecule has 0 aromatic heterocycles. The van der Waals surface area contributed by atoms with Crippen LogP contribution >= 0.6 is 0 Å². The molecule has 2 amide bonds. The number of anilines is 1. The number of fused-ring (bicyclic) bond motifs is 1. The smallest absolute Gasteiger partial charge is 0.319 e. The van der Waals surface area contributed by atoms with Gasteiger partial charge in [-0.15, -0.1) is 0 Å². The molecule has 4 nitrogen and oxygen atoms in total. The molecule has 1 aliphatic rings. The molecule has 3 rings (SSSR count). The van der Waals surface area contributed by atoms with Crippen molar-refractivity contribution < 1.29 is 9.53 Å². The highest BCUT2D eigenvalue weighted by Crippen LogP contribution is 2.22. The zero-order valence-electron chi connectivity index (χ0n) is 12.0. The Hall–Kier alpha value is -2.07. The fraction of sp³-hybridized carbons (Fsp3) is 0.353. The highest BCUT2D eigenvalue weighted by atomic mass is 16.5. The molecule has 1 heterocycles. The summed E-state index contributed by atoms with van der Waals surface area (Å²) in [6.45, 7) is 2.31. The number of hydrogen-bond donors (Lipinski definition) is 2. The summed E-state index contributed by atoms with van der Waals surface area (Å²) in [6.07, 6.45) is 2.04. The summed E-state index contributed by atoms with van der Waals surface area (Å²) in [4.78, 5) is 12.0. The van der Waals surface area contributed by atoms with E-state index in [0.29, 0.717) is 12.5 Å². The number of rotatable bonds is 3. The third kappa shape index (κ3) is 3.52. The van der Waals surface area contributed by atoms with Crippen LogP contribution in [0, 0.1) is 5.92 Å². The van der Waals surface area contributed by atoms with Crippen LogP contribution < -0.4 is 10.6 Å². The maximum Gasteiger partial charge on any atom is 0.319 e. The van der Waals surface area contributed by atoms with Crippen LogP contribution in [0.15, 0.2) is 42.5 Å². The van der Waals surface area contributed by atoms with Crippen LogP contribution in [0.4, 0.5) is 10.5 Å². The normalized spacial score (nSPS) is 15.8. The summed E-state index contributed by atoms with van der Waals surface area (Å²) in [5, 5.41) is 8.08. The lowest BCUT2D eigenvalue weighted by Gasteiger charge is -2.22.